The van der Waals surface area contributed by atoms with Crippen molar-refractivity contribution in [2.45, 2.75) is 30.3 Å². The Morgan fingerprint density at radius 3 is 3.00 bits per heavy atom. The van der Waals surface area contributed by atoms with Crippen molar-refractivity contribution in [1.29, 1.82) is 5.26 Å². The van der Waals surface area contributed by atoms with Gasteiger partial charge in [-0.15, -0.1) is 0 Å². The molecule has 3 aromatic rings. The molecule has 0 bridgehead atoms. The summed E-state index contributed by atoms with van der Waals surface area (Å²) in [5, 5.41) is 13.1. The Balaban J connectivity index is 1.72. The van der Waals surface area contributed by atoms with Gasteiger partial charge in [0.2, 0.25) is 5.91 Å². The number of anilines is 1. The van der Waals surface area contributed by atoms with E-state index in [-0.39, 0.29) is 29.2 Å². The maximum atomic E-state index is 12.2. The monoisotopic (exact) mass is 439 g/mol. The Bertz CT molecular complexity index is 1280. The van der Waals surface area contributed by atoms with Crippen molar-refractivity contribution in [3.8, 4) is 17.5 Å². The first-order chi connectivity index (χ1) is 14.9. The van der Waals surface area contributed by atoms with Gasteiger partial charge in [-0.2, -0.15) is 5.26 Å². The lowest BCUT2D eigenvalue weighted by Crippen LogP contribution is -2.45. The smallest absolute Gasteiger partial charge is 0.236 e. The number of amides is 1. The first-order valence-electron chi connectivity index (χ1n) is 9.77. The van der Waals surface area contributed by atoms with Gasteiger partial charge in [0.15, 0.2) is 20.7 Å². The van der Waals surface area contributed by atoms with Gasteiger partial charge in [-0.05, 0) is 25.0 Å². The minimum atomic E-state index is -3.50. The second-order valence-corrected chi connectivity index (χ2v) is 9.40. The third kappa shape index (κ3) is 4.34. The molecule has 2 N–H and O–H groups in total. The van der Waals surface area contributed by atoms with E-state index in [4.69, 9.17) is 5.26 Å². The number of hydrogen-bond donors (Lipinski definition) is 2. The third-order valence-electron chi connectivity index (χ3n) is 5.19. The summed E-state index contributed by atoms with van der Waals surface area (Å²) in [4.78, 5) is 29.8. The van der Waals surface area contributed by atoms with E-state index in [2.05, 4.69) is 25.3 Å². The average Bonchev–Trinajstić information content (AvgIpc) is 3.23. The lowest BCUT2D eigenvalue weighted by molar-refractivity contribution is -0.131. The molecule has 1 atom stereocenters. The molecular formula is C20H21N7O3S. The Morgan fingerprint density at radius 2 is 2.23 bits per heavy atom. The fourth-order valence-electron chi connectivity index (χ4n) is 3.72. The molecule has 1 fully saturated rings. The van der Waals surface area contributed by atoms with Gasteiger partial charge in [-0.1, -0.05) is 0 Å². The van der Waals surface area contributed by atoms with Crippen LogP contribution in [0.1, 0.15) is 19.3 Å². The summed E-state index contributed by atoms with van der Waals surface area (Å²) < 4.78 is 23.9. The SMILES string of the molecule is CS(=O)(=O)c1ccnc(-c2cnc3[nH]ccc3c2NC2CCCN(C(=O)CC#N)C2)n1. The Kier molecular flexibility index (Phi) is 5.56. The molecule has 0 radical (unpaired) electrons. The highest BCUT2D eigenvalue weighted by molar-refractivity contribution is 7.90. The molecule has 4 rings (SSSR count). The molecule has 160 valence electrons. The molecule has 0 saturated carbocycles. The van der Waals surface area contributed by atoms with Crippen LogP contribution in [-0.4, -0.2) is 64.5 Å². The minimum Gasteiger partial charge on any atom is -0.379 e. The van der Waals surface area contributed by atoms with Crippen LogP contribution < -0.4 is 5.32 Å². The van der Waals surface area contributed by atoms with E-state index in [1.807, 2.05) is 12.1 Å². The average molecular weight is 440 g/mol. The first kappa shape index (κ1) is 20.7. The highest BCUT2D eigenvalue weighted by Crippen LogP contribution is 2.33. The van der Waals surface area contributed by atoms with Crippen LogP contribution in [0.15, 0.2) is 35.7 Å². The fraction of sp³-hybridized carbons (Fsp3) is 0.350. The number of carbonyl (C=O) groups excluding carboxylic acids is 1. The molecule has 0 aliphatic carbocycles. The molecule has 0 spiro atoms. The number of fused-ring (bicyclic) bond motifs is 1. The normalized spacial score (nSPS) is 16.8. The number of likely N-dealkylation sites (tertiary alicyclic amines) is 1. The van der Waals surface area contributed by atoms with Gasteiger partial charge >= 0.3 is 0 Å². The summed E-state index contributed by atoms with van der Waals surface area (Å²) in [6.07, 6.45) is 7.39. The number of hydrogen-bond acceptors (Lipinski definition) is 8. The molecule has 10 nitrogen and oxygen atoms in total. The number of H-pyrrole nitrogens is 1. The number of nitrogens with zero attached hydrogens (tertiary/aromatic N) is 5. The van der Waals surface area contributed by atoms with Crippen molar-refractivity contribution in [3.63, 3.8) is 0 Å². The predicted octanol–water partition coefficient (Wildman–Crippen LogP) is 1.74. The van der Waals surface area contributed by atoms with Gasteiger partial charge in [-0.25, -0.2) is 23.4 Å². The second kappa shape index (κ2) is 8.31. The Hall–Kier alpha value is -3.52. The summed E-state index contributed by atoms with van der Waals surface area (Å²) in [5.41, 5.74) is 1.95. The zero-order chi connectivity index (χ0) is 22.0. The van der Waals surface area contributed by atoms with Crippen molar-refractivity contribution in [2.24, 2.45) is 0 Å². The summed E-state index contributed by atoms with van der Waals surface area (Å²) in [7, 11) is -3.50. The molecular weight excluding hydrogens is 418 g/mol. The number of nitrogens with one attached hydrogen (secondary N) is 2. The van der Waals surface area contributed by atoms with E-state index in [1.54, 1.807) is 17.3 Å². The number of pyridine rings is 1. The maximum Gasteiger partial charge on any atom is 0.236 e. The third-order valence-corrected chi connectivity index (χ3v) is 6.18. The molecule has 1 aliphatic rings. The van der Waals surface area contributed by atoms with E-state index >= 15 is 0 Å². The Labute approximate surface area is 179 Å². The number of sulfone groups is 1. The number of carbonyl (C=O) groups is 1. The number of piperidine rings is 1. The summed E-state index contributed by atoms with van der Waals surface area (Å²) in [6, 6.07) is 5.09. The molecule has 0 aromatic carbocycles. The van der Waals surface area contributed by atoms with Crippen molar-refractivity contribution >= 4 is 32.5 Å². The van der Waals surface area contributed by atoms with Crippen LogP contribution in [0.5, 0.6) is 0 Å². The highest BCUT2D eigenvalue weighted by Gasteiger charge is 2.25. The largest absolute Gasteiger partial charge is 0.379 e. The van der Waals surface area contributed by atoms with E-state index in [0.717, 1.165) is 30.2 Å². The van der Waals surface area contributed by atoms with Gasteiger partial charge < -0.3 is 15.2 Å². The van der Waals surface area contributed by atoms with Crippen LogP contribution in [0.4, 0.5) is 5.69 Å². The van der Waals surface area contributed by atoms with Crippen LogP contribution in [-0.2, 0) is 14.6 Å². The van der Waals surface area contributed by atoms with E-state index in [9.17, 15) is 13.2 Å². The van der Waals surface area contributed by atoms with Crippen LogP contribution in [0.3, 0.4) is 0 Å². The Morgan fingerprint density at radius 1 is 1.39 bits per heavy atom. The maximum absolute atomic E-state index is 12.2. The quantitative estimate of drug-likeness (QED) is 0.572. The number of aromatic nitrogens is 4. The van der Waals surface area contributed by atoms with E-state index in [1.165, 1.54) is 12.3 Å². The van der Waals surface area contributed by atoms with Gasteiger partial charge in [0.25, 0.3) is 0 Å². The summed E-state index contributed by atoms with van der Waals surface area (Å²) in [6.45, 7) is 1.10. The second-order valence-electron chi connectivity index (χ2n) is 7.44. The number of nitriles is 1. The van der Waals surface area contributed by atoms with Crippen LogP contribution >= 0.6 is 0 Å². The highest BCUT2D eigenvalue weighted by atomic mass is 32.2. The zero-order valence-corrected chi connectivity index (χ0v) is 17.7. The lowest BCUT2D eigenvalue weighted by Gasteiger charge is -2.33. The molecule has 1 saturated heterocycles. The summed E-state index contributed by atoms with van der Waals surface area (Å²) >= 11 is 0. The molecule has 11 heteroatoms. The number of rotatable bonds is 5. The predicted molar refractivity (Wildman–Crippen MR) is 114 cm³/mol. The van der Waals surface area contributed by atoms with Crippen LogP contribution in [0.2, 0.25) is 0 Å². The topological polar surface area (TPSA) is 145 Å². The fourth-order valence-corrected chi connectivity index (χ4v) is 4.28. The van der Waals surface area contributed by atoms with Crippen LogP contribution in [0.25, 0.3) is 22.4 Å². The molecule has 31 heavy (non-hydrogen) atoms. The molecule has 1 amide bonds. The molecule has 4 heterocycles. The van der Waals surface area contributed by atoms with Gasteiger partial charge in [0, 0.05) is 49.4 Å². The molecule has 3 aromatic heterocycles. The van der Waals surface area contributed by atoms with E-state index < -0.39 is 9.84 Å². The number of aromatic amines is 1. The van der Waals surface area contributed by atoms with Crippen molar-refractivity contribution < 1.29 is 13.2 Å². The molecule has 1 aliphatic heterocycles. The first-order valence-corrected chi connectivity index (χ1v) is 11.7. The van der Waals surface area contributed by atoms with Crippen molar-refractivity contribution in [1.82, 2.24) is 24.8 Å². The van der Waals surface area contributed by atoms with Crippen molar-refractivity contribution in [2.75, 3.05) is 24.7 Å². The van der Waals surface area contributed by atoms with Gasteiger partial charge in [0.05, 0.1) is 17.3 Å². The summed E-state index contributed by atoms with van der Waals surface area (Å²) in [5.74, 6) is 0.0641. The van der Waals surface area contributed by atoms with Crippen LogP contribution in [0, 0.1) is 11.3 Å². The molecule has 1 unspecified atom stereocenters. The van der Waals surface area contributed by atoms with Crippen molar-refractivity contribution in [3.05, 3.63) is 30.7 Å². The minimum absolute atomic E-state index is 0.0475. The van der Waals surface area contributed by atoms with Gasteiger partial charge in [-0.3, -0.25) is 4.79 Å². The van der Waals surface area contributed by atoms with Gasteiger partial charge in [0.1, 0.15) is 12.1 Å². The van der Waals surface area contributed by atoms with E-state index in [0.29, 0.717) is 24.3 Å². The standard InChI is InChI=1S/C20H21N7O3S/c1-31(29,30)16-6-9-23-20(26-16)15-11-24-19-14(5-8-22-19)18(15)25-13-3-2-10-27(12-13)17(28)4-7-21/h5-6,8-9,11,13H,2-4,10,12H2,1H3,(H2,22,24,25). The zero-order valence-electron chi connectivity index (χ0n) is 16.9. The lowest BCUT2D eigenvalue weighted by atomic mass is 10.0.